The zero-order chi connectivity index (χ0) is 18.5. The van der Waals surface area contributed by atoms with E-state index in [4.69, 9.17) is 0 Å². The molecular weight excluding hydrogens is 324 g/mol. The topological polar surface area (TPSA) is 49.6 Å². The molecule has 1 aromatic carbocycles. The van der Waals surface area contributed by atoms with Gasteiger partial charge in [-0.1, -0.05) is 24.6 Å². The monoisotopic (exact) mass is 352 g/mol. The summed E-state index contributed by atoms with van der Waals surface area (Å²) in [6.45, 7) is 8.73. The molecule has 0 saturated carbocycles. The Balaban J connectivity index is 1.67. The fourth-order valence-corrected chi connectivity index (χ4v) is 3.63. The van der Waals surface area contributed by atoms with Gasteiger partial charge in [0, 0.05) is 22.6 Å². The molecule has 1 aliphatic rings. The molecule has 5 nitrogen and oxygen atoms in total. The van der Waals surface area contributed by atoms with Gasteiger partial charge in [0.2, 0.25) is 0 Å². The minimum atomic E-state index is -0.0455. The minimum absolute atomic E-state index is 0.0455. The molecule has 1 aromatic heterocycles. The van der Waals surface area contributed by atoms with Crippen LogP contribution in [0.1, 0.15) is 41.8 Å². The van der Waals surface area contributed by atoms with Crippen molar-refractivity contribution >= 4 is 12.1 Å². The average Bonchev–Trinajstić information content (AvgIpc) is 2.90. The Kier molecular flexibility index (Phi) is 5.89. The van der Waals surface area contributed by atoms with Crippen LogP contribution >= 0.6 is 0 Å². The molecule has 0 bridgehead atoms. The van der Waals surface area contributed by atoms with Crippen LogP contribution in [0, 0.1) is 20.8 Å². The van der Waals surface area contributed by atoms with Gasteiger partial charge in [0.25, 0.3) is 5.91 Å². The Bertz CT molecular complexity index is 800. The van der Waals surface area contributed by atoms with Crippen molar-refractivity contribution in [3.63, 3.8) is 0 Å². The number of carbonyl (C=O) groups excluding carboxylic acids is 1. The number of amides is 1. The predicted octanol–water partition coefficient (Wildman–Crippen LogP) is 3.34. The van der Waals surface area contributed by atoms with Crippen molar-refractivity contribution in [1.82, 2.24) is 14.9 Å². The maximum Gasteiger partial charge on any atom is 0.254 e. The number of benzene rings is 1. The molecule has 0 atom stereocenters. The average molecular weight is 352 g/mol. The summed E-state index contributed by atoms with van der Waals surface area (Å²) in [6, 6.07) is 10.4. The van der Waals surface area contributed by atoms with Crippen molar-refractivity contribution < 1.29 is 4.79 Å². The summed E-state index contributed by atoms with van der Waals surface area (Å²) in [4.78, 5) is 14.2. The van der Waals surface area contributed by atoms with Gasteiger partial charge in [-0.05, 0) is 64.4 Å². The molecular formula is C21H28N4O. The third kappa shape index (κ3) is 4.22. The molecule has 1 fully saturated rings. The van der Waals surface area contributed by atoms with Crippen molar-refractivity contribution in [3.05, 3.63) is 52.8 Å². The second kappa shape index (κ2) is 8.32. The van der Waals surface area contributed by atoms with E-state index < -0.39 is 0 Å². The lowest BCUT2D eigenvalue weighted by Gasteiger charge is -2.25. The van der Waals surface area contributed by atoms with Crippen molar-refractivity contribution in [2.24, 2.45) is 5.10 Å². The second-order valence-corrected chi connectivity index (χ2v) is 7.08. The molecule has 1 N–H and O–H groups in total. The summed E-state index contributed by atoms with van der Waals surface area (Å²) in [5.74, 6) is -0.0455. The van der Waals surface area contributed by atoms with Crippen LogP contribution < -0.4 is 5.43 Å². The number of aromatic nitrogens is 1. The second-order valence-electron chi connectivity index (χ2n) is 7.08. The number of piperidine rings is 1. The van der Waals surface area contributed by atoms with Crippen LogP contribution in [0.3, 0.4) is 0 Å². The lowest BCUT2D eigenvalue weighted by molar-refractivity contribution is -0.122. The first-order valence-electron chi connectivity index (χ1n) is 9.35. The predicted molar refractivity (Wildman–Crippen MR) is 106 cm³/mol. The van der Waals surface area contributed by atoms with Crippen molar-refractivity contribution in [3.8, 4) is 5.69 Å². The van der Waals surface area contributed by atoms with Crippen LogP contribution in [0.25, 0.3) is 5.69 Å². The largest absolute Gasteiger partial charge is 0.318 e. The minimum Gasteiger partial charge on any atom is -0.318 e. The Morgan fingerprint density at radius 3 is 2.62 bits per heavy atom. The number of para-hydroxylation sites is 1. The molecule has 0 spiro atoms. The fourth-order valence-electron chi connectivity index (χ4n) is 3.63. The van der Waals surface area contributed by atoms with Crippen molar-refractivity contribution in [2.45, 2.75) is 40.0 Å². The molecule has 2 heterocycles. The van der Waals surface area contributed by atoms with E-state index in [2.05, 4.69) is 65.0 Å². The van der Waals surface area contributed by atoms with E-state index in [9.17, 15) is 4.79 Å². The highest BCUT2D eigenvalue weighted by atomic mass is 16.2. The number of hydrogen-bond acceptors (Lipinski definition) is 3. The van der Waals surface area contributed by atoms with E-state index in [-0.39, 0.29) is 5.91 Å². The number of carbonyl (C=O) groups is 1. The maximum atomic E-state index is 12.1. The number of nitrogens with zero attached hydrogens (tertiary/aromatic N) is 3. The van der Waals surface area contributed by atoms with Crippen molar-refractivity contribution in [1.29, 1.82) is 0 Å². The highest BCUT2D eigenvalue weighted by molar-refractivity contribution is 5.84. The van der Waals surface area contributed by atoms with E-state index in [1.165, 1.54) is 30.5 Å². The quantitative estimate of drug-likeness (QED) is 0.663. The van der Waals surface area contributed by atoms with Crippen LogP contribution in [0.15, 0.2) is 35.4 Å². The maximum absolute atomic E-state index is 12.1. The van der Waals surface area contributed by atoms with Gasteiger partial charge in [-0.2, -0.15) is 5.10 Å². The lowest BCUT2D eigenvalue weighted by atomic mass is 10.1. The van der Waals surface area contributed by atoms with Crippen LogP contribution in [0.5, 0.6) is 0 Å². The number of hydrogen-bond donors (Lipinski definition) is 1. The Morgan fingerprint density at radius 1 is 1.15 bits per heavy atom. The summed E-state index contributed by atoms with van der Waals surface area (Å²) >= 11 is 0. The van der Waals surface area contributed by atoms with Gasteiger partial charge in [-0.25, -0.2) is 5.43 Å². The highest BCUT2D eigenvalue weighted by Crippen LogP contribution is 2.22. The molecule has 1 amide bonds. The van der Waals surface area contributed by atoms with E-state index in [1.54, 1.807) is 6.21 Å². The number of nitrogens with one attached hydrogen (secondary N) is 1. The summed E-state index contributed by atoms with van der Waals surface area (Å²) in [6.07, 6.45) is 5.38. The Morgan fingerprint density at radius 2 is 1.88 bits per heavy atom. The number of rotatable bonds is 5. The van der Waals surface area contributed by atoms with Crippen molar-refractivity contribution in [2.75, 3.05) is 19.6 Å². The standard InChI is InChI=1S/C21H28N4O/c1-16-9-5-6-10-20(16)25-17(2)13-19(18(25)3)14-22-23-21(26)15-24-11-7-4-8-12-24/h5-6,9-10,13-14H,4,7-8,11-12,15H2,1-3H3,(H,23,26)/b22-14+. The summed E-state index contributed by atoms with van der Waals surface area (Å²) in [7, 11) is 0. The zero-order valence-corrected chi connectivity index (χ0v) is 16.0. The zero-order valence-electron chi connectivity index (χ0n) is 16.0. The molecule has 5 heteroatoms. The van der Waals surface area contributed by atoms with E-state index in [1.807, 2.05) is 6.07 Å². The molecule has 26 heavy (non-hydrogen) atoms. The SMILES string of the molecule is Cc1ccccc1-n1c(C)cc(/C=N/NC(=O)CN2CCCCC2)c1C. The van der Waals surface area contributed by atoms with Gasteiger partial charge in [0.1, 0.15) is 0 Å². The lowest BCUT2D eigenvalue weighted by Crippen LogP contribution is -2.38. The first kappa shape index (κ1) is 18.4. The molecule has 0 unspecified atom stereocenters. The Hall–Kier alpha value is -2.40. The first-order valence-corrected chi connectivity index (χ1v) is 9.35. The molecule has 1 saturated heterocycles. The van der Waals surface area contributed by atoms with Gasteiger partial charge in [0.05, 0.1) is 12.8 Å². The first-order chi connectivity index (χ1) is 12.6. The molecule has 1 aliphatic heterocycles. The van der Waals surface area contributed by atoms with Gasteiger partial charge in [0.15, 0.2) is 0 Å². The number of likely N-dealkylation sites (tertiary alicyclic amines) is 1. The molecule has 3 rings (SSSR count). The third-order valence-electron chi connectivity index (χ3n) is 5.04. The van der Waals surface area contributed by atoms with E-state index >= 15 is 0 Å². The van der Waals surface area contributed by atoms with Gasteiger partial charge in [-0.15, -0.1) is 0 Å². The highest BCUT2D eigenvalue weighted by Gasteiger charge is 2.14. The van der Waals surface area contributed by atoms with E-state index in [0.29, 0.717) is 6.54 Å². The van der Waals surface area contributed by atoms with E-state index in [0.717, 1.165) is 30.0 Å². The fraction of sp³-hybridized carbons (Fsp3) is 0.429. The summed E-state index contributed by atoms with van der Waals surface area (Å²) < 4.78 is 2.23. The van der Waals surface area contributed by atoms with Crippen LogP contribution in [0.2, 0.25) is 0 Å². The number of aryl methyl sites for hydroxylation is 2. The number of hydrazone groups is 1. The third-order valence-corrected chi connectivity index (χ3v) is 5.04. The van der Waals surface area contributed by atoms with Crippen LogP contribution in [-0.2, 0) is 4.79 Å². The molecule has 138 valence electrons. The van der Waals surface area contributed by atoms with Gasteiger partial charge in [-0.3, -0.25) is 9.69 Å². The van der Waals surface area contributed by atoms with Crippen LogP contribution in [-0.4, -0.2) is 41.2 Å². The molecule has 2 aromatic rings. The smallest absolute Gasteiger partial charge is 0.254 e. The summed E-state index contributed by atoms with van der Waals surface area (Å²) in [5, 5.41) is 4.17. The normalized spacial score (nSPS) is 15.5. The van der Waals surface area contributed by atoms with Crippen LogP contribution in [0.4, 0.5) is 0 Å². The Labute approximate surface area is 155 Å². The van der Waals surface area contributed by atoms with Gasteiger partial charge < -0.3 is 4.57 Å². The summed E-state index contributed by atoms with van der Waals surface area (Å²) in [5.41, 5.74) is 8.36. The van der Waals surface area contributed by atoms with Gasteiger partial charge >= 0.3 is 0 Å². The molecule has 0 aliphatic carbocycles. The molecule has 0 radical (unpaired) electrons.